The number of hydrogen-bond acceptors (Lipinski definition) is 3. The number of carbonyl (C=O) groups is 1. The Morgan fingerprint density at radius 3 is 2.50 bits per heavy atom. The Balaban J connectivity index is 1.63. The van der Waals surface area contributed by atoms with Crippen LogP contribution >= 0.6 is 0 Å². The lowest BCUT2D eigenvalue weighted by Crippen LogP contribution is -2.31. The van der Waals surface area contributed by atoms with Gasteiger partial charge < -0.3 is 9.47 Å². The van der Waals surface area contributed by atoms with Crippen LogP contribution in [-0.2, 0) is 13.5 Å². The Morgan fingerprint density at radius 1 is 1.06 bits per heavy atom. The summed E-state index contributed by atoms with van der Waals surface area (Å²) in [5.41, 5.74) is 5.09. The molecule has 0 aliphatic heterocycles. The molecule has 4 aromatic rings. The van der Waals surface area contributed by atoms with E-state index in [2.05, 4.69) is 17.6 Å². The number of para-hydroxylation sites is 1. The minimum Gasteiger partial charge on any atom is -0.331 e. The largest absolute Gasteiger partial charge is 0.331 e. The maximum atomic E-state index is 13.4. The highest BCUT2D eigenvalue weighted by Crippen LogP contribution is 2.22. The van der Waals surface area contributed by atoms with Gasteiger partial charge in [0.1, 0.15) is 5.82 Å². The lowest BCUT2D eigenvalue weighted by Gasteiger charge is -2.23. The molecule has 3 aromatic carbocycles. The number of aromatic nitrogens is 2. The van der Waals surface area contributed by atoms with Gasteiger partial charge in [0.25, 0.3) is 5.91 Å². The molecule has 1 heterocycles. The normalized spacial score (nSPS) is 10.8. The van der Waals surface area contributed by atoms with Crippen LogP contribution in [0.25, 0.3) is 11.0 Å². The van der Waals surface area contributed by atoms with Crippen LogP contribution in [0, 0.1) is 11.3 Å². The zero-order valence-corrected chi connectivity index (χ0v) is 18.5. The molecule has 0 saturated carbocycles. The number of hydrogen-bond donors (Lipinski definition) is 0. The fraction of sp³-hybridized carbons (Fsp3) is 0.222. The summed E-state index contributed by atoms with van der Waals surface area (Å²) in [6, 6.07) is 25.3. The summed E-state index contributed by atoms with van der Waals surface area (Å²) in [6.45, 7) is 2.81. The van der Waals surface area contributed by atoms with E-state index in [4.69, 9.17) is 10.2 Å². The first-order valence-electron chi connectivity index (χ1n) is 10.9. The summed E-state index contributed by atoms with van der Waals surface area (Å²) in [7, 11) is 1.99. The van der Waals surface area contributed by atoms with E-state index in [0.29, 0.717) is 24.1 Å². The summed E-state index contributed by atoms with van der Waals surface area (Å²) < 4.78 is 2.06. The summed E-state index contributed by atoms with van der Waals surface area (Å²) in [5, 5.41) is 8.99. The third-order valence-electron chi connectivity index (χ3n) is 5.71. The highest BCUT2D eigenvalue weighted by molar-refractivity contribution is 6.07. The SMILES string of the molecule is CCCCN(C(=O)c1ccc2c(c1)nc(Cc1ccc(C#N)cc1)n2C)c1ccccc1. The molecule has 0 atom stereocenters. The van der Waals surface area contributed by atoms with E-state index in [1.165, 1.54) is 0 Å². The number of fused-ring (bicyclic) bond motifs is 1. The molecule has 0 fully saturated rings. The monoisotopic (exact) mass is 422 g/mol. The highest BCUT2D eigenvalue weighted by atomic mass is 16.2. The van der Waals surface area contributed by atoms with Crippen LogP contribution in [0.1, 0.15) is 47.1 Å². The standard InChI is InChI=1S/C27H26N4O/c1-3-4-16-31(23-8-6-5-7-9-23)27(32)22-14-15-25-24(18-22)29-26(30(25)2)17-20-10-12-21(19-28)13-11-20/h5-15,18H,3-4,16-17H2,1-2H3. The molecule has 32 heavy (non-hydrogen) atoms. The predicted octanol–water partition coefficient (Wildman–Crippen LogP) is 5.48. The van der Waals surface area contributed by atoms with Crippen molar-refractivity contribution in [2.24, 2.45) is 7.05 Å². The topological polar surface area (TPSA) is 61.9 Å². The van der Waals surface area contributed by atoms with Gasteiger partial charge in [0.05, 0.1) is 22.7 Å². The Bertz CT molecular complexity index is 1270. The van der Waals surface area contributed by atoms with E-state index in [0.717, 1.165) is 41.0 Å². The molecule has 0 aliphatic carbocycles. The van der Waals surface area contributed by atoms with E-state index in [9.17, 15) is 4.79 Å². The first-order chi connectivity index (χ1) is 15.6. The highest BCUT2D eigenvalue weighted by Gasteiger charge is 2.19. The molecule has 0 bridgehead atoms. The lowest BCUT2D eigenvalue weighted by atomic mass is 10.1. The Morgan fingerprint density at radius 2 is 1.81 bits per heavy atom. The third-order valence-corrected chi connectivity index (χ3v) is 5.71. The van der Waals surface area contributed by atoms with Gasteiger partial charge in [0.15, 0.2) is 0 Å². The number of benzene rings is 3. The molecule has 0 unspecified atom stereocenters. The molecule has 1 amide bonds. The Labute approximate surface area is 188 Å². The van der Waals surface area contributed by atoms with Gasteiger partial charge in [-0.05, 0) is 54.4 Å². The molecule has 5 nitrogen and oxygen atoms in total. The van der Waals surface area contributed by atoms with E-state index in [1.807, 2.05) is 84.7 Å². The zero-order chi connectivity index (χ0) is 22.5. The Kier molecular flexibility index (Phi) is 6.32. The summed E-state index contributed by atoms with van der Waals surface area (Å²) in [5.74, 6) is 0.908. The number of rotatable bonds is 7. The minimum atomic E-state index is -0.00848. The second kappa shape index (κ2) is 9.49. The van der Waals surface area contributed by atoms with Crippen molar-refractivity contribution in [1.82, 2.24) is 9.55 Å². The van der Waals surface area contributed by atoms with Crippen molar-refractivity contribution < 1.29 is 4.79 Å². The molecule has 0 N–H and O–H groups in total. The van der Waals surface area contributed by atoms with Crippen molar-refractivity contribution in [3.8, 4) is 6.07 Å². The van der Waals surface area contributed by atoms with Gasteiger partial charge in [-0.3, -0.25) is 4.79 Å². The molecule has 4 rings (SSSR count). The van der Waals surface area contributed by atoms with Gasteiger partial charge in [-0.15, -0.1) is 0 Å². The van der Waals surface area contributed by atoms with Crippen LogP contribution in [0.15, 0.2) is 72.8 Å². The molecule has 5 heteroatoms. The molecule has 0 aliphatic rings. The van der Waals surface area contributed by atoms with Gasteiger partial charge in [-0.25, -0.2) is 4.98 Å². The van der Waals surface area contributed by atoms with E-state index in [-0.39, 0.29) is 5.91 Å². The Hall–Kier alpha value is -3.91. The van der Waals surface area contributed by atoms with Crippen LogP contribution in [0.4, 0.5) is 5.69 Å². The first kappa shape index (κ1) is 21.3. The van der Waals surface area contributed by atoms with Crippen LogP contribution < -0.4 is 4.90 Å². The van der Waals surface area contributed by atoms with Crippen LogP contribution in [0.2, 0.25) is 0 Å². The maximum absolute atomic E-state index is 13.4. The minimum absolute atomic E-state index is 0.00848. The number of imidazole rings is 1. The van der Waals surface area contributed by atoms with Gasteiger partial charge in [-0.1, -0.05) is 43.7 Å². The summed E-state index contributed by atoms with van der Waals surface area (Å²) in [4.78, 5) is 20.1. The molecular weight excluding hydrogens is 396 g/mol. The second-order valence-electron chi connectivity index (χ2n) is 7.92. The van der Waals surface area contributed by atoms with Crippen molar-refractivity contribution in [2.75, 3.05) is 11.4 Å². The number of aryl methyl sites for hydroxylation is 1. The number of amides is 1. The third kappa shape index (κ3) is 4.40. The second-order valence-corrected chi connectivity index (χ2v) is 7.92. The van der Waals surface area contributed by atoms with Gasteiger partial charge in [-0.2, -0.15) is 5.26 Å². The van der Waals surface area contributed by atoms with Crippen LogP contribution in [0.3, 0.4) is 0 Å². The zero-order valence-electron chi connectivity index (χ0n) is 18.5. The smallest absolute Gasteiger partial charge is 0.258 e. The van der Waals surface area contributed by atoms with E-state index < -0.39 is 0 Å². The van der Waals surface area contributed by atoms with Crippen molar-refractivity contribution in [1.29, 1.82) is 5.26 Å². The molecule has 0 radical (unpaired) electrons. The van der Waals surface area contributed by atoms with Crippen molar-refractivity contribution >= 4 is 22.6 Å². The lowest BCUT2D eigenvalue weighted by molar-refractivity contribution is 0.0986. The van der Waals surface area contributed by atoms with Gasteiger partial charge in [0, 0.05) is 31.3 Å². The summed E-state index contributed by atoms with van der Waals surface area (Å²) >= 11 is 0. The van der Waals surface area contributed by atoms with Gasteiger partial charge >= 0.3 is 0 Å². The molecule has 160 valence electrons. The molecule has 0 spiro atoms. The van der Waals surface area contributed by atoms with Crippen LogP contribution in [0.5, 0.6) is 0 Å². The van der Waals surface area contributed by atoms with E-state index in [1.54, 1.807) is 0 Å². The number of carbonyl (C=O) groups excluding carboxylic acids is 1. The predicted molar refractivity (Wildman–Crippen MR) is 128 cm³/mol. The first-order valence-corrected chi connectivity index (χ1v) is 10.9. The van der Waals surface area contributed by atoms with Gasteiger partial charge in [0.2, 0.25) is 0 Å². The average Bonchev–Trinajstić information content (AvgIpc) is 3.14. The quantitative estimate of drug-likeness (QED) is 0.396. The number of nitrogens with zero attached hydrogens (tertiary/aromatic N) is 4. The molecule has 0 saturated heterocycles. The summed E-state index contributed by atoms with van der Waals surface area (Å²) in [6.07, 6.45) is 2.63. The molecule has 1 aromatic heterocycles. The van der Waals surface area contributed by atoms with Crippen molar-refractivity contribution in [3.05, 3.63) is 95.3 Å². The number of anilines is 1. The molecular formula is C27H26N4O. The van der Waals surface area contributed by atoms with E-state index >= 15 is 0 Å². The number of unbranched alkanes of at least 4 members (excludes halogenated alkanes) is 1. The fourth-order valence-electron chi connectivity index (χ4n) is 3.85. The van der Waals surface area contributed by atoms with Crippen LogP contribution in [-0.4, -0.2) is 22.0 Å². The fourth-order valence-corrected chi connectivity index (χ4v) is 3.85. The number of nitriles is 1. The van der Waals surface area contributed by atoms with Crippen molar-refractivity contribution in [2.45, 2.75) is 26.2 Å². The van der Waals surface area contributed by atoms with Crippen molar-refractivity contribution in [3.63, 3.8) is 0 Å². The average molecular weight is 423 g/mol. The maximum Gasteiger partial charge on any atom is 0.258 e.